The van der Waals surface area contributed by atoms with Gasteiger partial charge < -0.3 is 10.4 Å². The van der Waals surface area contributed by atoms with Crippen LogP contribution in [0.25, 0.3) is 0 Å². The number of hydrogen-bond acceptors (Lipinski definition) is 2. The first-order valence-corrected chi connectivity index (χ1v) is 8.65. The Kier molecular flexibility index (Phi) is 14.6. The summed E-state index contributed by atoms with van der Waals surface area (Å²) in [5.41, 5.74) is 0. The van der Waals surface area contributed by atoms with Gasteiger partial charge in [0, 0.05) is 6.42 Å². The fourth-order valence-electron chi connectivity index (χ4n) is 2.39. The lowest BCUT2D eigenvalue weighted by molar-refractivity contribution is -0.137. The molecule has 0 bridgehead atoms. The number of carbonyl (C=O) groups is 2. The third-order valence-corrected chi connectivity index (χ3v) is 3.69. The van der Waals surface area contributed by atoms with Gasteiger partial charge in [-0.15, -0.1) is 0 Å². The highest BCUT2D eigenvalue weighted by Crippen LogP contribution is 2.12. The molecule has 0 unspecified atom stereocenters. The van der Waals surface area contributed by atoms with E-state index in [1.807, 2.05) is 0 Å². The molecule has 2 N–H and O–H groups in total. The van der Waals surface area contributed by atoms with Gasteiger partial charge in [-0.1, -0.05) is 77.6 Å². The maximum Gasteiger partial charge on any atom is 0.322 e. The van der Waals surface area contributed by atoms with Gasteiger partial charge in [-0.05, 0) is 6.42 Å². The van der Waals surface area contributed by atoms with E-state index >= 15 is 0 Å². The molecule has 0 aliphatic carbocycles. The molecule has 0 fully saturated rings. The van der Waals surface area contributed by atoms with E-state index in [-0.39, 0.29) is 12.5 Å². The minimum absolute atomic E-state index is 0.149. The number of amides is 1. The van der Waals surface area contributed by atoms with E-state index in [0.29, 0.717) is 6.42 Å². The van der Waals surface area contributed by atoms with E-state index in [1.54, 1.807) is 0 Å². The molecule has 0 rings (SSSR count). The molecule has 124 valence electrons. The maximum absolute atomic E-state index is 11.3. The van der Waals surface area contributed by atoms with Crippen LogP contribution in [0.2, 0.25) is 0 Å². The molecule has 0 aromatic heterocycles. The van der Waals surface area contributed by atoms with Crippen LogP contribution in [0.5, 0.6) is 0 Å². The SMILES string of the molecule is CCCCCCCCCCCCCCC(=O)NCC(=O)O. The van der Waals surface area contributed by atoms with E-state index in [0.717, 1.165) is 12.8 Å². The largest absolute Gasteiger partial charge is 0.480 e. The van der Waals surface area contributed by atoms with Crippen molar-refractivity contribution in [1.82, 2.24) is 5.32 Å². The number of hydrogen-bond donors (Lipinski definition) is 2. The molecule has 0 heterocycles. The van der Waals surface area contributed by atoms with E-state index in [4.69, 9.17) is 5.11 Å². The fourth-order valence-corrected chi connectivity index (χ4v) is 2.39. The van der Waals surface area contributed by atoms with Crippen LogP contribution < -0.4 is 5.32 Å². The highest BCUT2D eigenvalue weighted by Gasteiger charge is 2.03. The summed E-state index contributed by atoms with van der Waals surface area (Å²) in [6.45, 7) is 1.98. The van der Waals surface area contributed by atoms with Gasteiger partial charge in [0.2, 0.25) is 5.91 Å². The van der Waals surface area contributed by atoms with Crippen LogP contribution >= 0.6 is 0 Å². The first kappa shape index (κ1) is 19.9. The third-order valence-electron chi connectivity index (χ3n) is 3.69. The van der Waals surface area contributed by atoms with Crippen LogP contribution in [-0.2, 0) is 9.59 Å². The van der Waals surface area contributed by atoms with Crippen LogP contribution in [0, 0.1) is 0 Å². The number of unbranched alkanes of at least 4 members (excludes halogenated alkanes) is 11. The molecule has 0 aromatic carbocycles. The second kappa shape index (κ2) is 15.3. The minimum Gasteiger partial charge on any atom is -0.480 e. The predicted octanol–water partition coefficient (Wildman–Crippen LogP) is 4.28. The lowest BCUT2D eigenvalue weighted by atomic mass is 10.0. The topological polar surface area (TPSA) is 66.4 Å². The van der Waals surface area contributed by atoms with Gasteiger partial charge >= 0.3 is 5.97 Å². The predicted molar refractivity (Wildman–Crippen MR) is 86.3 cm³/mol. The molecule has 0 aromatic rings. The fraction of sp³-hybridized carbons (Fsp3) is 0.882. The summed E-state index contributed by atoms with van der Waals surface area (Å²) >= 11 is 0. The number of rotatable bonds is 15. The van der Waals surface area contributed by atoms with E-state index in [1.165, 1.54) is 64.2 Å². The van der Waals surface area contributed by atoms with Crippen molar-refractivity contribution in [2.45, 2.75) is 90.4 Å². The molecule has 0 saturated carbocycles. The number of carbonyl (C=O) groups excluding carboxylic acids is 1. The summed E-state index contributed by atoms with van der Waals surface area (Å²) in [5, 5.41) is 10.8. The summed E-state index contributed by atoms with van der Waals surface area (Å²) < 4.78 is 0. The Hall–Kier alpha value is -1.06. The van der Waals surface area contributed by atoms with Crippen molar-refractivity contribution in [1.29, 1.82) is 0 Å². The number of nitrogens with one attached hydrogen (secondary N) is 1. The average molecular weight is 299 g/mol. The summed E-state index contributed by atoms with van der Waals surface area (Å²) in [7, 11) is 0. The molecule has 0 atom stereocenters. The molecule has 0 radical (unpaired) electrons. The quantitative estimate of drug-likeness (QED) is 0.444. The van der Waals surface area contributed by atoms with E-state index in [2.05, 4.69) is 12.2 Å². The van der Waals surface area contributed by atoms with Crippen molar-refractivity contribution in [3.8, 4) is 0 Å². The molecule has 0 spiro atoms. The van der Waals surface area contributed by atoms with Crippen molar-refractivity contribution in [2.24, 2.45) is 0 Å². The van der Waals surface area contributed by atoms with Gasteiger partial charge in [0.1, 0.15) is 6.54 Å². The van der Waals surface area contributed by atoms with Crippen molar-refractivity contribution >= 4 is 11.9 Å². The number of carboxylic acid groups (broad SMARTS) is 1. The second-order valence-corrected chi connectivity index (χ2v) is 5.81. The Morgan fingerprint density at radius 3 is 1.62 bits per heavy atom. The van der Waals surface area contributed by atoms with Gasteiger partial charge in [0.25, 0.3) is 0 Å². The standard InChI is InChI=1S/C17H33NO3/c1-2-3-4-5-6-7-8-9-10-11-12-13-14-16(19)18-15-17(20)21/h2-15H2,1H3,(H,18,19)(H,20,21). The second-order valence-electron chi connectivity index (χ2n) is 5.81. The molecule has 0 saturated heterocycles. The summed E-state index contributed by atoms with van der Waals surface area (Å²) in [6, 6.07) is 0. The monoisotopic (exact) mass is 299 g/mol. The summed E-state index contributed by atoms with van der Waals surface area (Å²) in [6.07, 6.45) is 15.7. The first-order valence-electron chi connectivity index (χ1n) is 8.65. The molecular weight excluding hydrogens is 266 g/mol. The van der Waals surface area contributed by atoms with Crippen molar-refractivity contribution in [3.05, 3.63) is 0 Å². The lowest BCUT2D eigenvalue weighted by Crippen LogP contribution is -2.28. The number of carboxylic acids is 1. The number of aliphatic carboxylic acids is 1. The molecule has 21 heavy (non-hydrogen) atoms. The van der Waals surface area contributed by atoms with Crippen molar-refractivity contribution in [2.75, 3.05) is 6.54 Å². The van der Waals surface area contributed by atoms with E-state index in [9.17, 15) is 9.59 Å². The van der Waals surface area contributed by atoms with Crippen molar-refractivity contribution < 1.29 is 14.7 Å². The molecule has 0 aliphatic heterocycles. The Balaban J connectivity index is 3.12. The van der Waals surface area contributed by atoms with Gasteiger partial charge in [-0.3, -0.25) is 9.59 Å². The minimum atomic E-state index is -0.988. The molecule has 0 aliphatic rings. The van der Waals surface area contributed by atoms with Crippen LogP contribution in [0.15, 0.2) is 0 Å². The Labute approximate surface area is 129 Å². The van der Waals surface area contributed by atoms with Gasteiger partial charge in [0.05, 0.1) is 0 Å². The average Bonchev–Trinajstić information content (AvgIpc) is 2.46. The van der Waals surface area contributed by atoms with Crippen LogP contribution in [0.4, 0.5) is 0 Å². The highest BCUT2D eigenvalue weighted by molar-refractivity contribution is 5.80. The van der Waals surface area contributed by atoms with Gasteiger partial charge in [-0.2, -0.15) is 0 Å². The van der Waals surface area contributed by atoms with Gasteiger partial charge in [-0.25, -0.2) is 0 Å². The van der Waals surface area contributed by atoms with E-state index < -0.39 is 5.97 Å². The molecular formula is C17H33NO3. The third kappa shape index (κ3) is 16.9. The maximum atomic E-state index is 11.3. The zero-order valence-corrected chi connectivity index (χ0v) is 13.7. The normalized spacial score (nSPS) is 10.5. The molecule has 1 amide bonds. The zero-order chi connectivity index (χ0) is 15.8. The van der Waals surface area contributed by atoms with Gasteiger partial charge in [0.15, 0.2) is 0 Å². The van der Waals surface area contributed by atoms with Crippen LogP contribution in [0.1, 0.15) is 90.4 Å². The Bertz CT molecular complexity index is 267. The molecule has 4 heteroatoms. The van der Waals surface area contributed by atoms with Crippen LogP contribution in [-0.4, -0.2) is 23.5 Å². The Morgan fingerprint density at radius 2 is 1.19 bits per heavy atom. The van der Waals surface area contributed by atoms with Crippen LogP contribution in [0.3, 0.4) is 0 Å². The summed E-state index contributed by atoms with van der Waals surface area (Å²) in [4.78, 5) is 21.5. The first-order chi connectivity index (χ1) is 10.2. The van der Waals surface area contributed by atoms with Crippen molar-refractivity contribution in [3.63, 3.8) is 0 Å². The zero-order valence-electron chi connectivity index (χ0n) is 13.7. The Morgan fingerprint density at radius 1 is 0.762 bits per heavy atom. The smallest absolute Gasteiger partial charge is 0.322 e. The molecule has 4 nitrogen and oxygen atoms in total. The summed E-state index contributed by atoms with van der Waals surface area (Å²) in [5.74, 6) is -1.14. The lowest BCUT2D eigenvalue weighted by Gasteiger charge is -2.03. The highest BCUT2D eigenvalue weighted by atomic mass is 16.4.